The SMILES string of the molecule is CCn1c2ccccc2c2cc(NC(=O)c3cc4ccc(-c5ccc(N6NC(C)C(C(=O)OC)=C6N=Nc6c(O)c(C(=O)Nc7ccccc7)cc7ccccc67)nc5)cc4c(NN(C)c4c(C#N)cnn4-c4ccccn4)c3O)ccc21. The number of nitrogens with one attached hydrogen (secondary N) is 4. The summed E-state index contributed by atoms with van der Waals surface area (Å²) in [7, 11) is 2.92. The number of aromatic hydroxyl groups is 2. The Labute approximate surface area is 473 Å². The molecule has 0 fully saturated rings. The molecule has 12 rings (SSSR count). The number of hydrogen-bond donors (Lipinski definition) is 6. The maximum Gasteiger partial charge on any atom is 0.339 e. The average molecular weight is 1100 g/mol. The molecular weight excluding hydrogens is 1050 g/mol. The number of ether oxygens (including phenoxy) is 1. The molecule has 0 bridgehead atoms. The Morgan fingerprint density at radius 3 is 2.14 bits per heavy atom. The molecule has 0 saturated heterocycles. The van der Waals surface area contributed by atoms with E-state index in [0.717, 1.165) is 28.4 Å². The molecule has 83 heavy (non-hydrogen) atoms. The van der Waals surface area contributed by atoms with E-state index >= 15 is 0 Å². The van der Waals surface area contributed by atoms with Gasteiger partial charge in [-0.1, -0.05) is 78.9 Å². The number of nitrogens with zero attached hydrogens (tertiary/aromatic N) is 10. The van der Waals surface area contributed by atoms with E-state index in [0.29, 0.717) is 61.5 Å². The van der Waals surface area contributed by atoms with Crippen molar-refractivity contribution in [2.75, 3.05) is 40.2 Å². The van der Waals surface area contributed by atoms with Gasteiger partial charge in [0.2, 0.25) is 0 Å². The Balaban J connectivity index is 0.903. The Morgan fingerprint density at radius 1 is 0.711 bits per heavy atom. The van der Waals surface area contributed by atoms with Crippen molar-refractivity contribution in [3.05, 3.63) is 204 Å². The lowest BCUT2D eigenvalue weighted by Crippen LogP contribution is -2.36. The maximum atomic E-state index is 14.5. The van der Waals surface area contributed by atoms with Gasteiger partial charge in [0, 0.05) is 75.5 Å². The van der Waals surface area contributed by atoms with E-state index in [2.05, 4.69) is 71.5 Å². The monoisotopic (exact) mass is 1100 g/mol. The number of carbonyl (C=O) groups excluding carboxylic acids is 3. The second-order valence-corrected chi connectivity index (χ2v) is 19.5. The van der Waals surface area contributed by atoms with Gasteiger partial charge >= 0.3 is 5.97 Å². The van der Waals surface area contributed by atoms with Crippen LogP contribution in [0.25, 0.3) is 60.3 Å². The standard InChI is InChI=1S/C63H50N14O6/c1-5-75-50-20-12-11-19-45(50)47-32-43(25-26-51(47)75)69-61(81)49-31-39-23-22-37(29-46(39)56(58(49)79)73-74(3)62-41(33-64)35-67-77(62)52-21-13-14-28-65-52)40-24-27-53(66-34-40)76-59(54(36(2)72-76)63(82)83-4)71-70-55-44-18-10-9-15-38(44)30-48(57(55)78)60(80)68-42-16-7-6-8-17-42/h6-32,34-36,72-73,78-79H,5H2,1-4H3,(H,68,80)(H,69,81). The van der Waals surface area contributed by atoms with Crippen LogP contribution in [0.3, 0.4) is 0 Å². The molecule has 1 aliphatic heterocycles. The number of phenolic OH excluding ortho intramolecular Hbond substituents is 2. The minimum atomic E-state index is -0.679. The minimum absolute atomic E-state index is 0.00512. The van der Waals surface area contributed by atoms with E-state index in [1.54, 1.807) is 111 Å². The van der Waals surface area contributed by atoms with Crippen LogP contribution in [-0.4, -0.2) is 72.5 Å². The van der Waals surface area contributed by atoms with E-state index in [4.69, 9.17) is 9.72 Å². The zero-order valence-corrected chi connectivity index (χ0v) is 45.0. The summed E-state index contributed by atoms with van der Waals surface area (Å²) in [6, 6.07) is 48.9. The Morgan fingerprint density at radius 2 is 1.41 bits per heavy atom. The molecule has 0 aliphatic carbocycles. The Kier molecular flexibility index (Phi) is 13.6. The first-order valence-electron chi connectivity index (χ1n) is 26.3. The van der Waals surface area contributed by atoms with Crippen LogP contribution in [0.2, 0.25) is 0 Å². The van der Waals surface area contributed by atoms with Crippen LogP contribution in [0.15, 0.2) is 198 Å². The summed E-state index contributed by atoms with van der Waals surface area (Å²) < 4.78 is 8.92. The highest BCUT2D eigenvalue weighted by Gasteiger charge is 2.36. The third kappa shape index (κ3) is 9.53. The Bertz CT molecular complexity index is 4510. The molecule has 1 aliphatic rings. The number of aryl methyl sites for hydroxylation is 1. The van der Waals surface area contributed by atoms with Crippen molar-refractivity contribution in [1.29, 1.82) is 5.26 Å². The molecule has 0 radical (unpaired) electrons. The van der Waals surface area contributed by atoms with Gasteiger partial charge in [-0.2, -0.15) is 15.0 Å². The number of rotatable bonds is 14. The number of hydrazine groups is 2. The van der Waals surface area contributed by atoms with E-state index < -0.39 is 29.6 Å². The number of benzene rings is 7. The molecular formula is C63H50N14O6. The number of anilines is 5. The molecule has 1 atom stereocenters. The van der Waals surface area contributed by atoms with Crippen LogP contribution in [0, 0.1) is 11.3 Å². The van der Waals surface area contributed by atoms with Crippen LogP contribution < -0.4 is 31.5 Å². The van der Waals surface area contributed by atoms with Gasteiger partial charge < -0.3 is 30.2 Å². The lowest BCUT2D eigenvalue weighted by atomic mass is 9.98. The van der Waals surface area contributed by atoms with Crippen molar-refractivity contribution >= 4 is 95.5 Å². The van der Waals surface area contributed by atoms with Gasteiger partial charge in [0.25, 0.3) is 11.8 Å². The van der Waals surface area contributed by atoms with E-state index in [1.807, 2.05) is 60.7 Å². The van der Waals surface area contributed by atoms with Crippen LogP contribution in [-0.2, 0) is 16.1 Å². The van der Waals surface area contributed by atoms with Gasteiger partial charge in [-0.25, -0.2) is 25.2 Å². The largest absolute Gasteiger partial charge is 0.505 e. The van der Waals surface area contributed by atoms with Crippen molar-refractivity contribution < 1.29 is 29.3 Å². The van der Waals surface area contributed by atoms with Crippen LogP contribution in [0.4, 0.5) is 34.4 Å². The second kappa shape index (κ2) is 21.7. The van der Waals surface area contributed by atoms with Gasteiger partial charge in [-0.3, -0.25) is 20.0 Å². The lowest BCUT2D eigenvalue weighted by molar-refractivity contribution is -0.136. The van der Waals surface area contributed by atoms with Crippen LogP contribution in [0.5, 0.6) is 11.5 Å². The van der Waals surface area contributed by atoms with Gasteiger partial charge in [-0.15, -0.1) is 10.2 Å². The number of fused-ring (bicyclic) bond motifs is 5. The number of hydrogen-bond acceptors (Lipinski definition) is 16. The second-order valence-electron chi connectivity index (χ2n) is 19.5. The number of phenols is 2. The highest BCUT2D eigenvalue weighted by Crippen LogP contribution is 2.43. The summed E-state index contributed by atoms with van der Waals surface area (Å²) in [6.45, 7) is 4.60. The van der Waals surface area contributed by atoms with Gasteiger partial charge in [0.1, 0.15) is 34.4 Å². The summed E-state index contributed by atoms with van der Waals surface area (Å²) in [5.41, 5.74) is 11.4. The van der Waals surface area contributed by atoms with Crippen LogP contribution in [0.1, 0.15) is 40.1 Å². The molecule has 5 heterocycles. The molecule has 7 aromatic carbocycles. The fraction of sp³-hybridized carbons (Fsp3) is 0.0952. The minimum Gasteiger partial charge on any atom is -0.505 e. The number of para-hydroxylation sites is 2. The highest BCUT2D eigenvalue weighted by atomic mass is 16.5. The molecule has 0 saturated carbocycles. The molecule has 20 heteroatoms. The summed E-state index contributed by atoms with van der Waals surface area (Å²) in [6.07, 6.45) is 4.66. The van der Waals surface area contributed by atoms with Gasteiger partial charge in [0.15, 0.2) is 29.0 Å². The molecule has 11 aromatic rings. The number of pyridine rings is 2. The topological polar surface area (TPSA) is 253 Å². The third-order valence-electron chi connectivity index (χ3n) is 14.5. The lowest BCUT2D eigenvalue weighted by Gasteiger charge is -2.25. The number of amides is 2. The van der Waals surface area contributed by atoms with E-state index in [1.165, 1.54) is 28.0 Å². The van der Waals surface area contributed by atoms with Crippen molar-refractivity contribution in [2.45, 2.75) is 26.4 Å². The summed E-state index contributed by atoms with van der Waals surface area (Å²) >= 11 is 0. The average Bonchev–Trinajstić information content (AvgIpc) is 4.32. The van der Waals surface area contributed by atoms with Gasteiger partial charge in [0.05, 0.1) is 30.5 Å². The quantitative estimate of drug-likeness (QED) is 0.0256. The predicted molar refractivity (Wildman–Crippen MR) is 319 cm³/mol. The van der Waals surface area contributed by atoms with Crippen molar-refractivity contribution in [3.63, 3.8) is 0 Å². The van der Waals surface area contributed by atoms with E-state index in [-0.39, 0.29) is 45.2 Å². The fourth-order valence-electron chi connectivity index (χ4n) is 10.5. The smallest absolute Gasteiger partial charge is 0.339 e. The zero-order valence-electron chi connectivity index (χ0n) is 45.0. The third-order valence-corrected chi connectivity index (χ3v) is 14.5. The number of methoxy groups -OCH3 is 1. The number of nitriles is 1. The maximum absolute atomic E-state index is 14.5. The molecule has 6 N–H and O–H groups in total. The van der Waals surface area contributed by atoms with Crippen LogP contribution >= 0.6 is 0 Å². The molecule has 0 spiro atoms. The molecule has 1 unspecified atom stereocenters. The fourth-order valence-corrected chi connectivity index (χ4v) is 10.5. The first-order chi connectivity index (χ1) is 40.4. The molecule has 408 valence electrons. The number of esters is 1. The summed E-state index contributed by atoms with van der Waals surface area (Å²) in [5.74, 6) is -1.52. The van der Waals surface area contributed by atoms with Gasteiger partial charge in [-0.05, 0) is 109 Å². The summed E-state index contributed by atoms with van der Waals surface area (Å²) in [5, 5.41) is 61.0. The number of aromatic nitrogens is 5. The van der Waals surface area contributed by atoms with E-state index in [9.17, 15) is 29.9 Å². The first-order valence-corrected chi connectivity index (χ1v) is 26.3. The zero-order chi connectivity index (χ0) is 57.5. The first kappa shape index (κ1) is 52.3. The number of carbonyl (C=O) groups is 3. The summed E-state index contributed by atoms with van der Waals surface area (Å²) in [4.78, 5) is 50.8. The van der Waals surface area contributed by atoms with Crippen molar-refractivity contribution in [1.82, 2.24) is 29.7 Å². The predicted octanol–water partition coefficient (Wildman–Crippen LogP) is 11.9. The van der Waals surface area contributed by atoms with Crippen molar-refractivity contribution in [3.8, 4) is 34.5 Å². The normalized spacial score (nSPS) is 13.3. The molecule has 4 aromatic heterocycles. The van der Waals surface area contributed by atoms with Crippen molar-refractivity contribution in [2.24, 2.45) is 10.2 Å². The Hall–Kier alpha value is -11.4. The highest BCUT2D eigenvalue weighted by molar-refractivity contribution is 6.15. The molecule has 20 nitrogen and oxygen atoms in total. The molecule has 2 amide bonds. The number of azo groups is 1.